The first-order valence-corrected chi connectivity index (χ1v) is 9.50. The second-order valence-electron chi connectivity index (χ2n) is 6.84. The smallest absolute Gasteiger partial charge is 0.255 e. The Kier molecular flexibility index (Phi) is 6.67. The second kappa shape index (κ2) is 9.17. The second-order valence-corrected chi connectivity index (χ2v) is 7.24. The minimum atomic E-state index is -0.00594. The van der Waals surface area contributed by atoms with Crippen LogP contribution in [0, 0.1) is 0 Å². The van der Waals surface area contributed by atoms with Crippen molar-refractivity contribution in [1.82, 2.24) is 14.7 Å². The van der Waals surface area contributed by atoms with E-state index in [1.165, 1.54) is 0 Å². The average Bonchev–Trinajstić information content (AvgIpc) is 2.67. The summed E-state index contributed by atoms with van der Waals surface area (Å²) in [6.45, 7) is 6.44. The Bertz CT molecular complexity index is 714. The quantitative estimate of drug-likeness (QED) is 0.780. The Morgan fingerprint density at radius 1 is 1.00 bits per heavy atom. The Labute approximate surface area is 161 Å². The maximum atomic E-state index is 13.1. The molecule has 1 aliphatic rings. The lowest BCUT2D eigenvalue weighted by Gasteiger charge is -2.34. The molecule has 0 N–H and O–H groups in total. The zero-order chi connectivity index (χ0) is 18.4. The first-order chi connectivity index (χ1) is 12.6. The number of halogens is 1. The van der Waals surface area contributed by atoms with E-state index in [1.807, 2.05) is 35.2 Å². The number of rotatable bonds is 6. The normalized spacial score (nSPS) is 15.8. The number of likely N-dealkylation sites (N-methyl/N-ethyl adjacent to an activating group) is 1. The summed E-state index contributed by atoms with van der Waals surface area (Å²) in [7, 11) is 2.15. The van der Waals surface area contributed by atoms with Gasteiger partial charge in [0, 0.05) is 45.8 Å². The lowest BCUT2D eigenvalue weighted by atomic mass is 10.1. The molecule has 0 aromatic heterocycles. The highest BCUT2D eigenvalue weighted by Crippen LogP contribution is 2.18. The van der Waals surface area contributed by atoms with Gasteiger partial charge in [0.2, 0.25) is 0 Å². The van der Waals surface area contributed by atoms with E-state index >= 15 is 0 Å². The fourth-order valence-corrected chi connectivity index (χ4v) is 3.41. The predicted molar refractivity (Wildman–Crippen MR) is 107 cm³/mol. The fraction of sp³-hybridized carbons (Fsp3) is 0.381. The third-order valence-corrected chi connectivity index (χ3v) is 5.22. The zero-order valence-corrected chi connectivity index (χ0v) is 16.0. The van der Waals surface area contributed by atoms with E-state index in [-0.39, 0.29) is 5.91 Å². The standard InChI is InChI=1S/C21H26ClN3O/c1-23-11-13-24(14-12-23)15-16-25(17-18-7-3-2-4-8-18)21(26)19-9-5-6-10-20(19)22/h2-10H,11-17H2,1H3. The molecule has 4 nitrogen and oxygen atoms in total. The van der Waals surface area contributed by atoms with E-state index in [9.17, 15) is 4.79 Å². The van der Waals surface area contributed by atoms with Crippen LogP contribution in [0.2, 0.25) is 5.02 Å². The molecule has 26 heavy (non-hydrogen) atoms. The minimum absolute atomic E-state index is 0.00594. The number of amides is 1. The van der Waals surface area contributed by atoms with E-state index in [0.717, 1.165) is 38.3 Å². The monoisotopic (exact) mass is 371 g/mol. The van der Waals surface area contributed by atoms with Crippen molar-refractivity contribution in [3.8, 4) is 0 Å². The molecule has 0 unspecified atom stereocenters. The molecule has 1 saturated heterocycles. The maximum absolute atomic E-state index is 13.1. The van der Waals surface area contributed by atoms with Gasteiger partial charge in [0.1, 0.15) is 0 Å². The Hall–Kier alpha value is -1.88. The summed E-state index contributed by atoms with van der Waals surface area (Å²) in [5.74, 6) is -0.00594. The van der Waals surface area contributed by atoms with E-state index < -0.39 is 0 Å². The number of benzene rings is 2. The predicted octanol–water partition coefficient (Wildman–Crippen LogP) is 3.23. The van der Waals surface area contributed by atoms with Crippen LogP contribution in [-0.4, -0.2) is 66.9 Å². The van der Waals surface area contributed by atoms with Crippen molar-refractivity contribution in [2.75, 3.05) is 46.3 Å². The van der Waals surface area contributed by atoms with Crippen LogP contribution >= 0.6 is 11.6 Å². The van der Waals surface area contributed by atoms with Crippen molar-refractivity contribution < 1.29 is 4.79 Å². The van der Waals surface area contributed by atoms with Gasteiger partial charge in [0.25, 0.3) is 5.91 Å². The molecule has 1 fully saturated rings. The van der Waals surface area contributed by atoms with E-state index in [0.29, 0.717) is 23.7 Å². The number of nitrogens with zero attached hydrogens (tertiary/aromatic N) is 3. The number of hydrogen-bond donors (Lipinski definition) is 0. The molecule has 2 aromatic carbocycles. The summed E-state index contributed by atoms with van der Waals surface area (Å²) in [5, 5.41) is 0.509. The average molecular weight is 372 g/mol. The highest BCUT2D eigenvalue weighted by Gasteiger charge is 2.20. The van der Waals surface area contributed by atoms with Crippen LogP contribution in [0.15, 0.2) is 54.6 Å². The maximum Gasteiger partial charge on any atom is 0.255 e. The summed E-state index contributed by atoms with van der Waals surface area (Å²) < 4.78 is 0. The van der Waals surface area contributed by atoms with E-state index in [2.05, 4.69) is 29.0 Å². The molecule has 2 aromatic rings. The molecule has 1 aliphatic heterocycles. The van der Waals surface area contributed by atoms with Crippen molar-refractivity contribution in [3.63, 3.8) is 0 Å². The molecule has 0 radical (unpaired) electrons. The molecular formula is C21H26ClN3O. The van der Waals surface area contributed by atoms with Gasteiger partial charge in [0.15, 0.2) is 0 Å². The number of carbonyl (C=O) groups is 1. The van der Waals surface area contributed by atoms with Gasteiger partial charge in [-0.3, -0.25) is 9.69 Å². The molecule has 1 heterocycles. The zero-order valence-electron chi connectivity index (χ0n) is 15.3. The molecule has 1 amide bonds. The molecule has 0 atom stereocenters. The molecule has 3 rings (SSSR count). The minimum Gasteiger partial charge on any atom is -0.333 e. The number of piperazine rings is 1. The lowest BCUT2D eigenvalue weighted by Crippen LogP contribution is -2.47. The van der Waals surface area contributed by atoms with Gasteiger partial charge >= 0.3 is 0 Å². The van der Waals surface area contributed by atoms with Crippen molar-refractivity contribution in [2.45, 2.75) is 6.54 Å². The highest BCUT2D eigenvalue weighted by molar-refractivity contribution is 6.33. The molecule has 0 saturated carbocycles. The van der Waals surface area contributed by atoms with Gasteiger partial charge in [-0.2, -0.15) is 0 Å². The third-order valence-electron chi connectivity index (χ3n) is 4.89. The van der Waals surface area contributed by atoms with Crippen LogP contribution in [0.4, 0.5) is 0 Å². The van der Waals surface area contributed by atoms with Gasteiger partial charge < -0.3 is 9.80 Å². The van der Waals surface area contributed by atoms with Crippen molar-refractivity contribution >= 4 is 17.5 Å². The van der Waals surface area contributed by atoms with Gasteiger partial charge in [-0.25, -0.2) is 0 Å². The van der Waals surface area contributed by atoms with Crippen LogP contribution in [0.5, 0.6) is 0 Å². The highest BCUT2D eigenvalue weighted by atomic mass is 35.5. The van der Waals surface area contributed by atoms with Crippen LogP contribution in [-0.2, 0) is 6.54 Å². The first-order valence-electron chi connectivity index (χ1n) is 9.12. The largest absolute Gasteiger partial charge is 0.333 e. The van der Waals surface area contributed by atoms with E-state index in [4.69, 9.17) is 11.6 Å². The molecule has 0 aliphatic carbocycles. The Balaban J connectivity index is 1.71. The summed E-state index contributed by atoms with van der Waals surface area (Å²) in [6.07, 6.45) is 0. The molecular weight excluding hydrogens is 346 g/mol. The van der Waals surface area contributed by atoms with Gasteiger partial charge in [-0.1, -0.05) is 54.1 Å². The SMILES string of the molecule is CN1CCN(CCN(Cc2ccccc2)C(=O)c2ccccc2Cl)CC1. The topological polar surface area (TPSA) is 26.8 Å². The summed E-state index contributed by atoms with van der Waals surface area (Å²) in [4.78, 5) is 19.8. The molecule has 0 spiro atoms. The summed E-state index contributed by atoms with van der Waals surface area (Å²) in [6, 6.07) is 17.4. The summed E-state index contributed by atoms with van der Waals surface area (Å²) in [5.41, 5.74) is 1.70. The van der Waals surface area contributed by atoms with Crippen LogP contribution < -0.4 is 0 Å². The van der Waals surface area contributed by atoms with Crippen molar-refractivity contribution in [1.29, 1.82) is 0 Å². The number of hydrogen-bond acceptors (Lipinski definition) is 3. The first kappa shape index (κ1) is 18.9. The van der Waals surface area contributed by atoms with Crippen LogP contribution in [0.25, 0.3) is 0 Å². The van der Waals surface area contributed by atoms with E-state index in [1.54, 1.807) is 12.1 Å². The van der Waals surface area contributed by atoms with Gasteiger partial charge in [-0.15, -0.1) is 0 Å². The summed E-state index contributed by atoms with van der Waals surface area (Å²) >= 11 is 6.27. The Morgan fingerprint density at radius 3 is 2.35 bits per heavy atom. The fourth-order valence-electron chi connectivity index (χ4n) is 3.19. The Morgan fingerprint density at radius 2 is 1.65 bits per heavy atom. The molecule has 138 valence electrons. The molecule has 5 heteroatoms. The van der Waals surface area contributed by atoms with Crippen LogP contribution in [0.3, 0.4) is 0 Å². The van der Waals surface area contributed by atoms with Crippen LogP contribution in [0.1, 0.15) is 15.9 Å². The van der Waals surface area contributed by atoms with Crippen molar-refractivity contribution in [2.24, 2.45) is 0 Å². The van der Waals surface area contributed by atoms with Gasteiger partial charge in [-0.05, 0) is 24.7 Å². The molecule has 0 bridgehead atoms. The third kappa shape index (κ3) is 5.07. The lowest BCUT2D eigenvalue weighted by molar-refractivity contribution is 0.0701. The number of carbonyl (C=O) groups excluding carboxylic acids is 1. The van der Waals surface area contributed by atoms with Crippen molar-refractivity contribution in [3.05, 3.63) is 70.7 Å². The van der Waals surface area contributed by atoms with Gasteiger partial charge in [0.05, 0.1) is 10.6 Å².